The molecule has 0 unspecified atom stereocenters. The highest BCUT2D eigenvalue weighted by Gasteiger charge is 2.27. The number of carboxylic acids is 1. The molecule has 1 aliphatic carbocycles. The largest absolute Gasteiger partial charge is 0.481 e. The number of nitrogens with one attached hydrogen (secondary N) is 1. The molecule has 1 saturated heterocycles. The molecule has 2 N–H and O–H groups in total. The minimum atomic E-state index is -0.705. The van der Waals surface area contributed by atoms with Crippen LogP contribution in [-0.4, -0.2) is 46.0 Å². The number of amides is 1. The Balaban J connectivity index is 1.37. The van der Waals surface area contributed by atoms with Gasteiger partial charge in [0.25, 0.3) is 0 Å². The zero-order chi connectivity index (χ0) is 18.4. The quantitative estimate of drug-likeness (QED) is 0.782. The van der Waals surface area contributed by atoms with E-state index in [0.717, 1.165) is 38.8 Å². The van der Waals surface area contributed by atoms with Gasteiger partial charge in [0.1, 0.15) is 0 Å². The molecule has 1 amide bonds. The van der Waals surface area contributed by atoms with E-state index in [1.165, 1.54) is 12.0 Å². The normalized spacial score (nSPS) is 26.5. The van der Waals surface area contributed by atoms with Gasteiger partial charge in [-0.3, -0.25) is 19.5 Å². The van der Waals surface area contributed by atoms with Crippen molar-refractivity contribution in [2.24, 2.45) is 5.92 Å². The second-order valence-electron chi connectivity index (χ2n) is 7.54. The zero-order valence-corrected chi connectivity index (χ0v) is 15.3. The number of likely N-dealkylation sites (tertiary alicyclic amines) is 1. The van der Waals surface area contributed by atoms with E-state index >= 15 is 0 Å². The van der Waals surface area contributed by atoms with Gasteiger partial charge >= 0.3 is 5.97 Å². The van der Waals surface area contributed by atoms with Gasteiger partial charge in [0, 0.05) is 30.9 Å². The molecule has 2 aliphatic rings. The van der Waals surface area contributed by atoms with Crippen molar-refractivity contribution in [3.8, 4) is 0 Å². The fourth-order valence-electron chi connectivity index (χ4n) is 4.27. The van der Waals surface area contributed by atoms with Crippen LogP contribution in [0.1, 0.15) is 63.0 Å². The fraction of sp³-hybridized carbons (Fsp3) is 0.650. The molecule has 142 valence electrons. The topological polar surface area (TPSA) is 82.5 Å². The molecule has 1 aliphatic heterocycles. The van der Waals surface area contributed by atoms with Crippen LogP contribution in [0.2, 0.25) is 0 Å². The van der Waals surface area contributed by atoms with Crippen LogP contribution in [0.5, 0.6) is 0 Å². The minimum Gasteiger partial charge on any atom is -0.481 e. The Labute approximate surface area is 155 Å². The molecular formula is C20H29N3O3. The first kappa shape index (κ1) is 18.8. The lowest BCUT2D eigenvalue weighted by Crippen LogP contribution is -2.39. The van der Waals surface area contributed by atoms with E-state index in [0.29, 0.717) is 25.3 Å². The second kappa shape index (κ2) is 9.12. The Kier molecular flexibility index (Phi) is 6.61. The Bertz CT molecular complexity index is 600. The molecule has 3 rings (SSSR count). The molecule has 2 heterocycles. The van der Waals surface area contributed by atoms with Crippen LogP contribution in [-0.2, 0) is 9.59 Å². The van der Waals surface area contributed by atoms with Crippen LogP contribution in [0.15, 0.2) is 24.5 Å². The van der Waals surface area contributed by atoms with Crippen molar-refractivity contribution in [3.05, 3.63) is 30.1 Å². The number of hydrogen-bond acceptors (Lipinski definition) is 4. The molecule has 0 spiro atoms. The molecule has 6 heteroatoms. The smallest absolute Gasteiger partial charge is 0.306 e. The summed E-state index contributed by atoms with van der Waals surface area (Å²) in [5.74, 6) is -0.841. The fourth-order valence-corrected chi connectivity index (χ4v) is 4.27. The zero-order valence-electron chi connectivity index (χ0n) is 15.3. The number of carbonyl (C=O) groups is 2. The van der Waals surface area contributed by atoms with E-state index in [1.807, 2.05) is 12.3 Å². The summed E-state index contributed by atoms with van der Waals surface area (Å²) in [5, 5.41) is 12.1. The molecule has 2 fully saturated rings. The summed E-state index contributed by atoms with van der Waals surface area (Å²) >= 11 is 0. The van der Waals surface area contributed by atoms with Crippen molar-refractivity contribution in [3.63, 3.8) is 0 Å². The van der Waals surface area contributed by atoms with E-state index in [-0.39, 0.29) is 17.9 Å². The molecule has 26 heavy (non-hydrogen) atoms. The van der Waals surface area contributed by atoms with Crippen molar-refractivity contribution in [2.45, 2.75) is 63.5 Å². The maximum atomic E-state index is 12.2. The van der Waals surface area contributed by atoms with Gasteiger partial charge < -0.3 is 10.4 Å². The summed E-state index contributed by atoms with van der Waals surface area (Å²) in [5.41, 5.74) is 1.27. The molecule has 1 saturated carbocycles. The van der Waals surface area contributed by atoms with E-state index in [2.05, 4.69) is 21.3 Å². The highest BCUT2D eigenvalue weighted by Crippen LogP contribution is 2.31. The van der Waals surface area contributed by atoms with Crippen LogP contribution in [0.3, 0.4) is 0 Å². The monoisotopic (exact) mass is 359 g/mol. The van der Waals surface area contributed by atoms with E-state index in [4.69, 9.17) is 5.11 Å². The number of carbonyl (C=O) groups excluding carboxylic acids is 1. The summed E-state index contributed by atoms with van der Waals surface area (Å²) in [4.78, 5) is 29.9. The van der Waals surface area contributed by atoms with Crippen molar-refractivity contribution in [2.75, 3.05) is 13.1 Å². The Morgan fingerprint density at radius 2 is 2.04 bits per heavy atom. The van der Waals surface area contributed by atoms with Crippen LogP contribution >= 0.6 is 0 Å². The summed E-state index contributed by atoms with van der Waals surface area (Å²) in [6, 6.07) is 4.69. The highest BCUT2D eigenvalue weighted by atomic mass is 16.4. The van der Waals surface area contributed by atoms with Gasteiger partial charge in [-0.1, -0.05) is 6.07 Å². The number of rotatable bonds is 7. The van der Waals surface area contributed by atoms with Crippen LogP contribution < -0.4 is 5.32 Å². The van der Waals surface area contributed by atoms with Crippen LogP contribution in [0.4, 0.5) is 0 Å². The van der Waals surface area contributed by atoms with Gasteiger partial charge in [0.15, 0.2) is 0 Å². The lowest BCUT2D eigenvalue weighted by molar-refractivity contribution is -0.142. The lowest BCUT2D eigenvalue weighted by atomic mass is 9.86. The average Bonchev–Trinajstić information content (AvgIpc) is 3.11. The van der Waals surface area contributed by atoms with Gasteiger partial charge in [-0.15, -0.1) is 0 Å². The highest BCUT2D eigenvalue weighted by molar-refractivity contribution is 5.76. The van der Waals surface area contributed by atoms with Crippen molar-refractivity contribution >= 4 is 11.9 Å². The van der Waals surface area contributed by atoms with Gasteiger partial charge in [0.05, 0.1) is 5.92 Å². The number of hydrogen-bond donors (Lipinski definition) is 2. The predicted molar refractivity (Wildman–Crippen MR) is 98.5 cm³/mol. The number of pyridine rings is 1. The second-order valence-corrected chi connectivity index (χ2v) is 7.54. The number of carboxylic acid groups (broad SMARTS) is 1. The molecule has 1 atom stereocenters. The van der Waals surface area contributed by atoms with E-state index in [1.54, 1.807) is 6.20 Å². The summed E-state index contributed by atoms with van der Waals surface area (Å²) in [6.07, 6.45) is 10.4. The van der Waals surface area contributed by atoms with Gasteiger partial charge in [-0.2, -0.15) is 0 Å². The molecule has 1 aromatic heterocycles. The predicted octanol–water partition coefficient (Wildman–Crippen LogP) is 2.76. The minimum absolute atomic E-state index is 0.0981. The van der Waals surface area contributed by atoms with Crippen molar-refractivity contribution < 1.29 is 14.7 Å². The van der Waals surface area contributed by atoms with Gasteiger partial charge in [-0.05, 0) is 69.7 Å². The summed E-state index contributed by atoms with van der Waals surface area (Å²) in [7, 11) is 0. The van der Waals surface area contributed by atoms with Gasteiger partial charge in [0.2, 0.25) is 5.91 Å². The number of aliphatic carboxylic acids is 1. The average molecular weight is 359 g/mol. The number of nitrogens with zero attached hydrogens (tertiary/aromatic N) is 2. The molecular weight excluding hydrogens is 330 g/mol. The maximum absolute atomic E-state index is 12.2. The first-order chi connectivity index (χ1) is 12.6. The molecule has 0 radical (unpaired) electrons. The Morgan fingerprint density at radius 3 is 2.73 bits per heavy atom. The summed E-state index contributed by atoms with van der Waals surface area (Å²) < 4.78 is 0. The molecule has 0 aromatic carbocycles. The van der Waals surface area contributed by atoms with Crippen LogP contribution in [0.25, 0.3) is 0 Å². The third kappa shape index (κ3) is 5.04. The third-order valence-electron chi connectivity index (χ3n) is 5.72. The first-order valence-corrected chi connectivity index (χ1v) is 9.79. The Morgan fingerprint density at radius 1 is 1.23 bits per heavy atom. The molecule has 1 aromatic rings. The van der Waals surface area contributed by atoms with E-state index < -0.39 is 5.97 Å². The molecule has 6 nitrogen and oxygen atoms in total. The van der Waals surface area contributed by atoms with Crippen molar-refractivity contribution in [1.29, 1.82) is 0 Å². The third-order valence-corrected chi connectivity index (χ3v) is 5.72. The summed E-state index contributed by atoms with van der Waals surface area (Å²) in [6.45, 7) is 2.01. The maximum Gasteiger partial charge on any atom is 0.306 e. The SMILES string of the molecule is O=C(CCCN1CCC[C@H]1c1cccnc1)NC1CCC(C(=O)O)CC1. The number of aromatic nitrogens is 1. The van der Waals surface area contributed by atoms with Crippen LogP contribution in [0, 0.1) is 5.92 Å². The first-order valence-electron chi connectivity index (χ1n) is 9.79. The van der Waals surface area contributed by atoms with E-state index in [9.17, 15) is 9.59 Å². The van der Waals surface area contributed by atoms with Gasteiger partial charge in [-0.25, -0.2) is 0 Å². The Hall–Kier alpha value is -1.95. The molecule has 0 bridgehead atoms. The van der Waals surface area contributed by atoms with Crippen molar-refractivity contribution in [1.82, 2.24) is 15.2 Å². The standard InChI is InChI=1S/C20H29N3O3/c24-19(22-17-9-7-15(8-10-17)20(25)26)6-3-13-23-12-2-5-18(23)16-4-1-11-21-14-16/h1,4,11,14-15,17-18H,2-3,5-10,12-13H2,(H,22,24)(H,25,26)/t15?,17?,18-/m0/s1. The lowest BCUT2D eigenvalue weighted by Gasteiger charge is -2.27.